The lowest BCUT2D eigenvalue weighted by Gasteiger charge is -1.92. The van der Waals surface area contributed by atoms with Gasteiger partial charge in [0.15, 0.2) is 0 Å². The summed E-state index contributed by atoms with van der Waals surface area (Å²) in [5.41, 5.74) is 0. The molecule has 0 saturated carbocycles. The summed E-state index contributed by atoms with van der Waals surface area (Å²) in [7, 11) is 0.466. The van der Waals surface area contributed by atoms with Crippen LogP contribution in [0.5, 0.6) is 0 Å². The maximum absolute atomic E-state index is 3.90. The SMILES string of the molecule is C=S(CC)CC. The molecule has 1 heteroatoms. The largest absolute Gasteiger partial charge is 0.194 e. The van der Waals surface area contributed by atoms with Crippen molar-refractivity contribution in [2.24, 2.45) is 0 Å². The molecule has 0 bridgehead atoms. The zero-order valence-corrected chi connectivity index (χ0v) is 5.35. The van der Waals surface area contributed by atoms with E-state index in [1.54, 1.807) is 0 Å². The fraction of sp³-hybridized carbons (Fsp3) is 0.800. The van der Waals surface area contributed by atoms with Gasteiger partial charge < -0.3 is 0 Å². The van der Waals surface area contributed by atoms with Crippen LogP contribution in [0.15, 0.2) is 0 Å². The third-order valence-electron chi connectivity index (χ3n) is 0.816. The van der Waals surface area contributed by atoms with Gasteiger partial charge in [-0.25, -0.2) is 0 Å². The maximum Gasteiger partial charge on any atom is -0.0151 e. The second-order valence-corrected chi connectivity index (χ2v) is 3.57. The van der Waals surface area contributed by atoms with E-state index in [9.17, 15) is 0 Å². The van der Waals surface area contributed by atoms with E-state index in [-0.39, 0.29) is 0 Å². The summed E-state index contributed by atoms with van der Waals surface area (Å²) in [5.74, 6) is 6.40. The second-order valence-electron chi connectivity index (χ2n) is 1.19. The van der Waals surface area contributed by atoms with E-state index < -0.39 is 0 Å². The summed E-state index contributed by atoms with van der Waals surface area (Å²) in [6.07, 6.45) is 0. The van der Waals surface area contributed by atoms with Crippen LogP contribution in [0.4, 0.5) is 0 Å². The molecule has 0 rings (SSSR count). The average Bonchev–Trinajstić information content (AvgIpc) is 1.65. The van der Waals surface area contributed by atoms with Crippen molar-refractivity contribution in [2.75, 3.05) is 11.5 Å². The van der Waals surface area contributed by atoms with Gasteiger partial charge in [-0.3, -0.25) is 0 Å². The van der Waals surface area contributed by atoms with Crippen LogP contribution in [0.2, 0.25) is 0 Å². The Kier molecular flexibility index (Phi) is 3.54. The lowest BCUT2D eigenvalue weighted by atomic mass is 11.0. The molecule has 0 saturated heterocycles. The molecule has 0 aliphatic rings. The van der Waals surface area contributed by atoms with Gasteiger partial charge in [0.05, 0.1) is 0 Å². The van der Waals surface area contributed by atoms with E-state index in [0.717, 1.165) is 0 Å². The molecule has 0 spiro atoms. The molecule has 0 heterocycles. The molecule has 0 aromatic heterocycles. The first-order valence-corrected chi connectivity index (χ1v) is 4.01. The van der Waals surface area contributed by atoms with E-state index in [0.29, 0.717) is 10.5 Å². The Morgan fingerprint density at radius 2 is 1.67 bits per heavy atom. The molecule has 38 valence electrons. The lowest BCUT2D eigenvalue weighted by Crippen LogP contribution is -1.72. The van der Waals surface area contributed by atoms with Gasteiger partial charge >= 0.3 is 0 Å². The molecule has 0 amide bonds. The number of rotatable bonds is 2. The summed E-state index contributed by atoms with van der Waals surface area (Å²) in [5, 5.41) is 0. The Labute approximate surface area is 42.5 Å². The second kappa shape index (κ2) is 3.41. The van der Waals surface area contributed by atoms with Gasteiger partial charge in [-0.1, -0.05) is 19.7 Å². The minimum absolute atomic E-state index is 0.466. The quantitative estimate of drug-likeness (QED) is 0.468. The van der Waals surface area contributed by atoms with Crippen molar-refractivity contribution < 1.29 is 0 Å². The van der Waals surface area contributed by atoms with Gasteiger partial charge in [0.25, 0.3) is 0 Å². The third kappa shape index (κ3) is 2.46. The highest BCUT2D eigenvalue weighted by molar-refractivity contribution is 8.14. The Hall–Kier alpha value is 0.220. The zero-order valence-electron chi connectivity index (χ0n) is 4.53. The van der Waals surface area contributed by atoms with E-state index in [1.165, 1.54) is 11.5 Å². The predicted molar refractivity (Wildman–Crippen MR) is 35.8 cm³/mol. The van der Waals surface area contributed by atoms with Gasteiger partial charge in [0.1, 0.15) is 0 Å². The highest BCUT2D eigenvalue weighted by Crippen LogP contribution is 2.04. The predicted octanol–water partition coefficient (Wildman–Crippen LogP) is 1.73. The van der Waals surface area contributed by atoms with Crippen molar-refractivity contribution in [3.63, 3.8) is 0 Å². The van der Waals surface area contributed by atoms with Crippen molar-refractivity contribution in [3.8, 4) is 0 Å². The van der Waals surface area contributed by atoms with Gasteiger partial charge in [0.2, 0.25) is 0 Å². The average molecular weight is 104 g/mol. The molecular weight excluding hydrogens is 92.1 g/mol. The molecular formula is C5H12S. The summed E-state index contributed by atoms with van der Waals surface area (Å²) in [6.45, 7) is 4.36. The topological polar surface area (TPSA) is 0 Å². The molecule has 0 fully saturated rings. The zero-order chi connectivity index (χ0) is 4.99. The minimum Gasteiger partial charge on any atom is -0.194 e. The smallest absolute Gasteiger partial charge is 0.0151 e. The van der Waals surface area contributed by atoms with Crippen LogP contribution in [0.25, 0.3) is 0 Å². The van der Waals surface area contributed by atoms with E-state index in [2.05, 4.69) is 19.7 Å². The maximum atomic E-state index is 3.90. The summed E-state index contributed by atoms with van der Waals surface area (Å²) in [4.78, 5) is 0. The summed E-state index contributed by atoms with van der Waals surface area (Å²) >= 11 is 0. The first-order chi connectivity index (χ1) is 2.81. The van der Waals surface area contributed by atoms with Crippen LogP contribution in [-0.4, -0.2) is 17.4 Å². The Morgan fingerprint density at radius 3 is 1.67 bits per heavy atom. The van der Waals surface area contributed by atoms with Crippen molar-refractivity contribution >= 4 is 16.4 Å². The number of hydrogen-bond acceptors (Lipinski definition) is 0. The van der Waals surface area contributed by atoms with Gasteiger partial charge in [-0.2, -0.15) is 10.5 Å². The highest BCUT2D eigenvalue weighted by atomic mass is 32.2. The van der Waals surface area contributed by atoms with Crippen LogP contribution in [0.1, 0.15) is 13.8 Å². The van der Waals surface area contributed by atoms with E-state index in [1.807, 2.05) is 0 Å². The molecule has 0 aliphatic heterocycles. The first-order valence-electron chi connectivity index (χ1n) is 2.28. The molecule has 0 N–H and O–H groups in total. The Morgan fingerprint density at radius 1 is 1.33 bits per heavy atom. The standard InChI is InChI=1S/C5H12S/c1-4-6(3)5-2/h3-5H2,1-2H3. The van der Waals surface area contributed by atoms with Crippen LogP contribution >= 0.6 is 10.5 Å². The minimum atomic E-state index is 0.466. The summed E-state index contributed by atoms with van der Waals surface area (Å²) < 4.78 is 0. The van der Waals surface area contributed by atoms with Crippen LogP contribution in [0, 0.1) is 0 Å². The first kappa shape index (κ1) is 6.22. The molecule has 0 aromatic carbocycles. The monoisotopic (exact) mass is 104 g/mol. The molecule has 0 atom stereocenters. The Balaban J connectivity index is 2.99. The van der Waals surface area contributed by atoms with Gasteiger partial charge in [0, 0.05) is 0 Å². The van der Waals surface area contributed by atoms with Gasteiger partial charge in [-0.15, -0.1) is 0 Å². The lowest BCUT2D eigenvalue weighted by molar-refractivity contribution is 1.46. The van der Waals surface area contributed by atoms with Crippen molar-refractivity contribution in [3.05, 3.63) is 0 Å². The molecule has 0 aliphatic carbocycles. The normalized spacial score (nSPS) is 9.83. The van der Waals surface area contributed by atoms with Crippen molar-refractivity contribution in [1.29, 1.82) is 0 Å². The van der Waals surface area contributed by atoms with E-state index >= 15 is 0 Å². The Bertz CT molecular complexity index is 41.9. The van der Waals surface area contributed by atoms with Crippen molar-refractivity contribution in [1.82, 2.24) is 0 Å². The van der Waals surface area contributed by atoms with Crippen LogP contribution < -0.4 is 0 Å². The third-order valence-corrected chi connectivity index (χ3v) is 2.45. The van der Waals surface area contributed by atoms with Crippen LogP contribution in [-0.2, 0) is 0 Å². The molecule has 0 radical (unpaired) electrons. The van der Waals surface area contributed by atoms with Crippen molar-refractivity contribution in [2.45, 2.75) is 13.8 Å². The summed E-state index contributed by atoms with van der Waals surface area (Å²) in [6, 6.07) is 0. The van der Waals surface area contributed by atoms with E-state index in [4.69, 9.17) is 0 Å². The molecule has 0 aromatic rings. The molecule has 6 heavy (non-hydrogen) atoms. The highest BCUT2D eigenvalue weighted by Gasteiger charge is 1.75. The molecule has 0 nitrogen and oxygen atoms in total. The molecule has 0 unspecified atom stereocenters. The fourth-order valence-electron chi connectivity index (χ4n) is 0.204. The van der Waals surface area contributed by atoms with Crippen LogP contribution in [0.3, 0.4) is 0 Å². The number of hydrogen-bond donors (Lipinski definition) is 0. The fourth-order valence-corrected chi connectivity index (χ4v) is 0.612. The van der Waals surface area contributed by atoms with Gasteiger partial charge in [-0.05, 0) is 11.5 Å².